The first-order valence-electron chi connectivity index (χ1n) is 7.41. The summed E-state index contributed by atoms with van der Waals surface area (Å²) in [5.41, 5.74) is 0.785. The van der Waals surface area contributed by atoms with E-state index in [0.29, 0.717) is 17.1 Å². The van der Waals surface area contributed by atoms with Crippen LogP contribution in [0, 0.1) is 0 Å². The topological polar surface area (TPSA) is 113 Å². The van der Waals surface area contributed by atoms with Gasteiger partial charge in [0.25, 0.3) is 5.91 Å². The summed E-state index contributed by atoms with van der Waals surface area (Å²) in [5, 5.41) is 11.2. The van der Waals surface area contributed by atoms with E-state index in [1.807, 2.05) is 0 Å². The number of anilines is 2. The molecule has 1 aliphatic rings. The summed E-state index contributed by atoms with van der Waals surface area (Å²) in [7, 11) is 0. The molecule has 2 rings (SSSR count). The number of carbonyl (C=O) groups excluding carboxylic acids is 3. The number of hydrogen-bond acceptors (Lipinski definition) is 5. The van der Waals surface area contributed by atoms with Gasteiger partial charge in [-0.15, -0.1) is 0 Å². The molecule has 8 heteroatoms. The summed E-state index contributed by atoms with van der Waals surface area (Å²) in [6.45, 7) is 2.89. The van der Waals surface area contributed by atoms with Crippen LogP contribution < -0.4 is 15.0 Å². The lowest BCUT2D eigenvalue weighted by atomic mass is 10.1. The Kier molecular flexibility index (Phi) is 5.18. The minimum absolute atomic E-state index is 0.0874. The fraction of sp³-hybridized carbons (Fsp3) is 0.375. The summed E-state index contributed by atoms with van der Waals surface area (Å²) in [6.07, 6.45) is -1.13. The molecule has 1 heterocycles. The number of carboxylic acid groups (broad SMARTS) is 1. The van der Waals surface area contributed by atoms with Crippen molar-refractivity contribution in [2.75, 3.05) is 16.8 Å². The monoisotopic (exact) mass is 334 g/mol. The Morgan fingerprint density at radius 2 is 2.00 bits per heavy atom. The zero-order valence-corrected chi connectivity index (χ0v) is 13.4. The maximum absolute atomic E-state index is 12.2. The minimum atomic E-state index is -1.06. The molecule has 2 amide bonds. The second-order valence-corrected chi connectivity index (χ2v) is 5.51. The van der Waals surface area contributed by atoms with Crippen molar-refractivity contribution in [3.8, 4) is 5.75 Å². The second kappa shape index (κ2) is 7.12. The van der Waals surface area contributed by atoms with Gasteiger partial charge in [-0.3, -0.25) is 24.1 Å². The number of benzene rings is 1. The lowest BCUT2D eigenvalue weighted by Gasteiger charge is -2.32. The number of Topliss-reactive ketones (excluding diaryl/α,β-unsaturated/α-hetero) is 1. The predicted octanol–water partition coefficient (Wildman–Crippen LogP) is 1.19. The van der Waals surface area contributed by atoms with Crippen LogP contribution in [0.1, 0.15) is 26.7 Å². The Labute approximate surface area is 138 Å². The number of fused-ring (bicyclic) bond motifs is 1. The molecule has 8 nitrogen and oxygen atoms in total. The molecule has 1 atom stereocenters. The first-order valence-corrected chi connectivity index (χ1v) is 7.41. The summed E-state index contributed by atoms with van der Waals surface area (Å²) in [5.74, 6) is -1.60. The molecule has 1 aromatic carbocycles. The molecule has 128 valence electrons. The number of ketones is 1. The lowest BCUT2D eigenvalue weighted by Crippen LogP contribution is -2.46. The van der Waals surface area contributed by atoms with E-state index in [4.69, 9.17) is 9.84 Å². The Morgan fingerprint density at radius 3 is 2.62 bits per heavy atom. The van der Waals surface area contributed by atoms with Crippen molar-refractivity contribution in [2.24, 2.45) is 0 Å². The van der Waals surface area contributed by atoms with Gasteiger partial charge in [-0.2, -0.15) is 0 Å². The van der Waals surface area contributed by atoms with Crippen LogP contribution in [-0.2, 0) is 19.2 Å². The number of carboxylic acids is 1. The molecule has 24 heavy (non-hydrogen) atoms. The normalized spacial score (nSPS) is 16.2. The third-order valence-electron chi connectivity index (χ3n) is 3.40. The molecule has 0 spiro atoms. The van der Waals surface area contributed by atoms with Gasteiger partial charge in [-0.1, -0.05) is 0 Å². The van der Waals surface area contributed by atoms with Crippen molar-refractivity contribution in [2.45, 2.75) is 32.8 Å². The number of rotatable bonds is 6. The number of carbonyl (C=O) groups is 4. The molecule has 0 radical (unpaired) electrons. The SMILES string of the molecule is CC(=O)CN1C(=O)C(C)Oc2ccc(NC(=O)CCC(=O)O)cc21. The van der Waals surface area contributed by atoms with E-state index in [-0.39, 0.29) is 31.1 Å². The summed E-state index contributed by atoms with van der Waals surface area (Å²) >= 11 is 0. The van der Waals surface area contributed by atoms with Crippen LogP contribution in [0.25, 0.3) is 0 Å². The zero-order valence-electron chi connectivity index (χ0n) is 13.4. The van der Waals surface area contributed by atoms with Crippen LogP contribution in [0.3, 0.4) is 0 Å². The number of hydrogen-bond donors (Lipinski definition) is 2. The van der Waals surface area contributed by atoms with Crippen LogP contribution in [0.4, 0.5) is 11.4 Å². The molecule has 0 aliphatic carbocycles. The van der Waals surface area contributed by atoms with E-state index in [9.17, 15) is 19.2 Å². The van der Waals surface area contributed by atoms with E-state index < -0.39 is 18.0 Å². The van der Waals surface area contributed by atoms with E-state index in [2.05, 4.69) is 5.32 Å². The fourth-order valence-corrected chi connectivity index (χ4v) is 2.31. The van der Waals surface area contributed by atoms with Crippen molar-refractivity contribution in [1.82, 2.24) is 0 Å². The van der Waals surface area contributed by atoms with Crippen molar-refractivity contribution in [1.29, 1.82) is 0 Å². The fourth-order valence-electron chi connectivity index (χ4n) is 2.31. The van der Waals surface area contributed by atoms with Gasteiger partial charge in [0, 0.05) is 12.1 Å². The second-order valence-electron chi connectivity index (χ2n) is 5.51. The molecule has 0 saturated heterocycles. The first kappa shape index (κ1) is 17.5. The van der Waals surface area contributed by atoms with Gasteiger partial charge >= 0.3 is 5.97 Å². The lowest BCUT2D eigenvalue weighted by molar-refractivity contribution is -0.138. The van der Waals surface area contributed by atoms with Gasteiger partial charge in [-0.05, 0) is 32.0 Å². The molecular formula is C16H18N2O6. The molecule has 1 unspecified atom stereocenters. The standard InChI is InChI=1S/C16H18N2O6/c1-9(19)8-18-12-7-11(17-14(20)5-6-15(21)22)3-4-13(12)24-10(2)16(18)23/h3-4,7,10H,5-6,8H2,1-2H3,(H,17,20)(H,21,22). The third kappa shape index (κ3) is 4.09. The smallest absolute Gasteiger partial charge is 0.303 e. The highest BCUT2D eigenvalue weighted by atomic mass is 16.5. The number of ether oxygens (including phenoxy) is 1. The highest BCUT2D eigenvalue weighted by Crippen LogP contribution is 2.36. The van der Waals surface area contributed by atoms with Gasteiger partial charge in [0.15, 0.2) is 6.10 Å². The molecular weight excluding hydrogens is 316 g/mol. The predicted molar refractivity (Wildman–Crippen MR) is 85.1 cm³/mol. The molecule has 0 saturated carbocycles. The third-order valence-corrected chi connectivity index (χ3v) is 3.40. The number of nitrogens with one attached hydrogen (secondary N) is 1. The number of nitrogens with zero attached hydrogens (tertiary/aromatic N) is 1. The van der Waals surface area contributed by atoms with Gasteiger partial charge in [0.1, 0.15) is 11.5 Å². The van der Waals surface area contributed by atoms with Crippen LogP contribution in [-0.4, -0.2) is 41.3 Å². The van der Waals surface area contributed by atoms with Crippen molar-refractivity contribution >= 4 is 34.9 Å². The molecule has 1 aliphatic heterocycles. The van der Waals surface area contributed by atoms with Crippen LogP contribution in [0.2, 0.25) is 0 Å². The van der Waals surface area contributed by atoms with E-state index in [1.165, 1.54) is 17.9 Å². The van der Waals surface area contributed by atoms with Gasteiger partial charge < -0.3 is 15.2 Å². The Balaban J connectivity index is 2.22. The maximum Gasteiger partial charge on any atom is 0.303 e. The molecule has 2 N–H and O–H groups in total. The van der Waals surface area contributed by atoms with Crippen LogP contribution >= 0.6 is 0 Å². The highest BCUT2D eigenvalue weighted by Gasteiger charge is 2.32. The summed E-state index contributed by atoms with van der Waals surface area (Å²) in [6, 6.07) is 4.71. The molecule has 0 bridgehead atoms. The zero-order chi connectivity index (χ0) is 17.9. The molecule has 0 fully saturated rings. The molecule has 0 aromatic heterocycles. The summed E-state index contributed by atoms with van der Waals surface area (Å²) < 4.78 is 5.50. The van der Waals surface area contributed by atoms with Crippen molar-refractivity contribution in [3.05, 3.63) is 18.2 Å². The largest absolute Gasteiger partial charge is 0.481 e. The quantitative estimate of drug-likeness (QED) is 0.808. The molecule has 1 aromatic rings. The Hall–Kier alpha value is -2.90. The van der Waals surface area contributed by atoms with E-state index >= 15 is 0 Å². The van der Waals surface area contributed by atoms with Gasteiger partial charge in [0.2, 0.25) is 5.91 Å². The average molecular weight is 334 g/mol. The summed E-state index contributed by atoms with van der Waals surface area (Å²) in [4.78, 5) is 47.2. The van der Waals surface area contributed by atoms with Crippen LogP contribution in [0.5, 0.6) is 5.75 Å². The van der Waals surface area contributed by atoms with Crippen molar-refractivity contribution < 1.29 is 29.0 Å². The van der Waals surface area contributed by atoms with Gasteiger partial charge in [-0.25, -0.2) is 0 Å². The van der Waals surface area contributed by atoms with Crippen LogP contribution in [0.15, 0.2) is 18.2 Å². The maximum atomic E-state index is 12.2. The first-order chi connectivity index (χ1) is 11.3. The van der Waals surface area contributed by atoms with Gasteiger partial charge in [0.05, 0.1) is 18.7 Å². The van der Waals surface area contributed by atoms with E-state index in [0.717, 1.165) is 0 Å². The minimum Gasteiger partial charge on any atom is -0.481 e. The Bertz CT molecular complexity index is 700. The van der Waals surface area contributed by atoms with Crippen molar-refractivity contribution in [3.63, 3.8) is 0 Å². The highest BCUT2D eigenvalue weighted by molar-refractivity contribution is 6.04. The average Bonchev–Trinajstić information content (AvgIpc) is 2.50. The number of aliphatic carboxylic acids is 1. The van der Waals surface area contributed by atoms with E-state index in [1.54, 1.807) is 19.1 Å². The number of amides is 2. The Morgan fingerprint density at radius 1 is 1.29 bits per heavy atom.